The smallest absolute Gasteiger partial charge is 0.275 e. The molecule has 34 heavy (non-hydrogen) atoms. The van der Waals surface area contributed by atoms with E-state index in [0.717, 1.165) is 48.7 Å². The number of anilines is 1. The van der Waals surface area contributed by atoms with Gasteiger partial charge in [-0.2, -0.15) is 0 Å². The van der Waals surface area contributed by atoms with Gasteiger partial charge in [0.05, 0.1) is 6.54 Å². The Hall–Kier alpha value is -3.08. The summed E-state index contributed by atoms with van der Waals surface area (Å²) < 4.78 is 2.03. The third-order valence-electron chi connectivity index (χ3n) is 7.72. The first-order chi connectivity index (χ1) is 16.5. The second-order valence-electron chi connectivity index (χ2n) is 10.1. The van der Waals surface area contributed by atoms with Crippen LogP contribution in [0.3, 0.4) is 0 Å². The van der Waals surface area contributed by atoms with Gasteiger partial charge in [0.15, 0.2) is 0 Å². The zero-order chi connectivity index (χ0) is 23.7. The molecule has 2 amide bonds. The van der Waals surface area contributed by atoms with Crippen LogP contribution in [0.5, 0.6) is 0 Å². The zero-order valence-electron chi connectivity index (χ0n) is 20.3. The third-order valence-corrected chi connectivity index (χ3v) is 7.72. The molecule has 2 aromatic carbocycles. The van der Waals surface area contributed by atoms with E-state index in [0.29, 0.717) is 12.2 Å². The summed E-state index contributed by atoms with van der Waals surface area (Å²) in [6.45, 7) is 4.47. The third kappa shape index (κ3) is 4.02. The summed E-state index contributed by atoms with van der Waals surface area (Å²) in [5.74, 6) is -0.184. The van der Waals surface area contributed by atoms with Crippen molar-refractivity contribution in [1.82, 2.24) is 9.88 Å². The van der Waals surface area contributed by atoms with Gasteiger partial charge in [-0.05, 0) is 56.0 Å². The minimum absolute atomic E-state index is 0.0607. The molecule has 0 radical (unpaired) electrons. The highest BCUT2D eigenvalue weighted by atomic mass is 16.2. The number of aryl methyl sites for hydroxylation is 1. The molecule has 0 bridgehead atoms. The Labute approximate surface area is 202 Å². The quantitative estimate of drug-likeness (QED) is 0.534. The molecular weight excluding hydrogens is 422 g/mol. The molecule has 1 aromatic heterocycles. The van der Waals surface area contributed by atoms with E-state index in [1.165, 1.54) is 24.8 Å². The van der Waals surface area contributed by atoms with Gasteiger partial charge in [-0.3, -0.25) is 14.5 Å². The normalized spacial score (nSPS) is 21.7. The van der Waals surface area contributed by atoms with Gasteiger partial charge < -0.3 is 9.88 Å². The van der Waals surface area contributed by atoms with Crippen LogP contribution in [0.4, 0.5) is 5.69 Å². The van der Waals surface area contributed by atoms with E-state index >= 15 is 0 Å². The van der Waals surface area contributed by atoms with Crippen LogP contribution in [0.1, 0.15) is 74.8 Å². The summed E-state index contributed by atoms with van der Waals surface area (Å²) in [5.41, 5.74) is 2.59. The topological polar surface area (TPSA) is 54.3 Å². The van der Waals surface area contributed by atoms with Gasteiger partial charge in [0.1, 0.15) is 11.2 Å². The number of benzene rings is 2. The summed E-state index contributed by atoms with van der Waals surface area (Å²) >= 11 is 0. The number of amides is 2. The van der Waals surface area contributed by atoms with Crippen molar-refractivity contribution in [2.24, 2.45) is 0 Å². The van der Waals surface area contributed by atoms with E-state index in [1.54, 1.807) is 4.90 Å². The molecule has 1 aliphatic carbocycles. The number of nitrogens with one attached hydrogen (secondary N) is 1. The van der Waals surface area contributed by atoms with Gasteiger partial charge in [-0.25, -0.2) is 0 Å². The first kappa shape index (κ1) is 22.7. The molecule has 5 rings (SSSR count). The summed E-state index contributed by atoms with van der Waals surface area (Å²) in [6, 6.07) is 18.2. The molecule has 2 aliphatic rings. The molecule has 0 saturated heterocycles. The van der Waals surface area contributed by atoms with Gasteiger partial charge in [-0.15, -0.1) is 0 Å². The number of aromatic nitrogens is 1. The molecule has 5 nitrogen and oxygen atoms in total. The van der Waals surface area contributed by atoms with E-state index in [2.05, 4.69) is 24.4 Å². The average molecular weight is 458 g/mol. The fourth-order valence-corrected chi connectivity index (χ4v) is 5.67. The molecule has 1 fully saturated rings. The highest BCUT2D eigenvalue weighted by Crippen LogP contribution is 2.36. The number of hydrogen-bond donors (Lipinski definition) is 1. The second kappa shape index (κ2) is 9.28. The Balaban J connectivity index is 1.55. The molecular formula is C29H35N3O2. The van der Waals surface area contributed by atoms with Gasteiger partial charge in [0.2, 0.25) is 5.91 Å². The maximum Gasteiger partial charge on any atom is 0.275 e. The predicted octanol–water partition coefficient (Wildman–Crippen LogP) is 5.85. The number of fused-ring (bicyclic) bond motifs is 3. The van der Waals surface area contributed by atoms with Crippen molar-refractivity contribution in [2.45, 2.75) is 83.3 Å². The van der Waals surface area contributed by atoms with Crippen molar-refractivity contribution < 1.29 is 9.59 Å². The van der Waals surface area contributed by atoms with Gasteiger partial charge >= 0.3 is 0 Å². The van der Waals surface area contributed by atoms with Crippen LogP contribution < -0.4 is 10.2 Å². The molecule has 0 unspecified atom stereocenters. The van der Waals surface area contributed by atoms with Crippen LogP contribution in [0.15, 0.2) is 54.6 Å². The summed E-state index contributed by atoms with van der Waals surface area (Å²) in [5, 5.41) is 4.39. The minimum atomic E-state index is -1.03. The lowest BCUT2D eigenvalue weighted by molar-refractivity contribution is -0.127. The fourth-order valence-electron chi connectivity index (χ4n) is 5.67. The standard InChI is InChI=1S/C29H35N3O2/c1-3-21-15-17-24(18-16-21)32-27(33)26-19-22-11-9-10-14-25(22)31(26)20-29(32,2)28(34)30-23-12-7-5-4-6-8-13-23/h9-11,14-19,23H,3-8,12-13,20H2,1-2H3,(H,30,34)/t29-/m0/s1. The molecule has 1 aliphatic heterocycles. The van der Waals surface area contributed by atoms with Crippen molar-refractivity contribution in [1.29, 1.82) is 0 Å². The number of nitrogens with zero attached hydrogens (tertiary/aromatic N) is 2. The first-order valence-corrected chi connectivity index (χ1v) is 12.8. The Morgan fingerprint density at radius 3 is 2.38 bits per heavy atom. The average Bonchev–Trinajstić information content (AvgIpc) is 3.20. The van der Waals surface area contributed by atoms with Crippen molar-refractivity contribution >= 4 is 28.4 Å². The maximum atomic E-state index is 14.0. The molecule has 1 atom stereocenters. The van der Waals surface area contributed by atoms with E-state index in [1.807, 2.05) is 54.0 Å². The minimum Gasteiger partial charge on any atom is -0.351 e. The van der Waals surface area contributed by atoms with Crippen molar-refractivity contribution in [3.63, 3.8) is 0 Å². The van der Waals surface area contributed by atoms with Crippen LogP contribution >= 0.6 is 0 Å². The highest BCUT2D eigenvalue weighted by Gasteiger charge is 2.49. The molecule has 1 N–H and O–H groups in total. The first-order valence-electron chi connectivity index (χ1n) is 12.8. The van der Waals surface area contributed by atoms with Crippen LogP contribution in [0.2, 0.25) is 0 Å². The summed E-state index contributed by atoms with van der Waals surface area (Å²) in [4.78, 5) is 29.7. The zero-order valence-corrected chi connectivity index (χ0v) is 20.3. The van der Waals surface area contributed by atoms with E-state index < -0.39 is 5.54 Å². The Bertz CT molecular complexity index is 1190. The van der Waals surface area contributed by atoms with Crippen LogP contribution in [0.25, 0.3) is 10.9 Å². The number of hydrogen-bond acceptors (Lipinski definition) is 2. The highest BCUT2D eigenvalue weighted by molar-refractivity contribution is 6.14. The molecule has 3 aromatic rings. The van der Waals surface area contributed by atoms with Crippen molar-refractivity contribution in [3.05, 3.63) is 65.9 Å². The summed E-state index contributed by atoms with van der Waals surface area (Å²) in [7, 11) is 0. The van der Waals surface area contributed by atoms with Crippen molar-refractivity contribution in [2.75, 3.05) is 4.90 Å². The SMILES string of the molecule is CCc1ccc(N2C(=O)c3cc4ccccc4n3C[C@@]2(C)C(=O)NC2CCCCCCC2)cc1. The Kier molecular flexibility index (Phi) is 6.20. The number of carbonyl (C=O) groups is 2. The number of carbonyl (C=O) groups excluding carboxylic acids is 2. The maximum absolute atomic E-state index is 14.0. The molecule has 2 heterocycles. The summed E-state index contributed by atoms with van der Waals surface area (Å²) in [6.07, 6.45) is 9.01. The Morgan fingerprint density at radius 1 is 1.00 bits per heavy atom. The Morgan fingerprint density at radius 2 is 1.68 bits per heavy atom. The van der Waals surface area contributed by atoms with E-state index in [9.17, 15) is 9.59 Å². The predicted molar refractivity (Wildman–Crippen MR) is 137 cm³/mol. The van der Waals surface area contributed by atoms with Gasteiger partial charge in [-0.1, -0.05) is 69.4 Å². The van der Waals surface area contributed by atoms with E-state index in [-0.39, 0.29) is 17.9 Å². The second-order valence-corrected chi connectivity index (χ2v) is 10.1. The molecule has 178 valence electrons. The van der Waals surface area contributed by atoms with Crippen LogP contribution in [0, 0.1) is 0 Å². The lowest BCUT2D eigenvalue weighted by Crippen LogP contribution is -2.65. The van der Waals surface area contributed by atoms with Gasteiger partial charge in [0, 0.05) is 22.6 Å². The monoisotopic (exact) mass is 457 g/mol. The number of rotatable bonds is 4. The lowest BCUT2D eigenvalue weighted by Gasteiger charge is -2.44. The van der Waals surface area contributed by atoms with Gasteiger partial charge in [0.25, 0.3) is 5.91 Å². The van der Waals surface area contributed by atoms with Crippen molar-refractivity contribution in [3.8, 4) is 0 Å². The van der Waals surface area contributed by atoms with Crippen LogP contribution in [-0.2, 0) is 17.8 Å². The largest absolute Gasteiger partial charge is 0.351 e. The van der Waals surface area contributed by atoms with E-state index in [4.69, 9.17) is 0 Å². The molecule has 5 heteroatoms. The fraction of sp³-hybridized carbons (Fsp3) is 0.448. The number of para-hydroxylation sites is 1. The molecule has 0 spiro atoms. The molecule has 1 saturated carbocycles. The van der Waals surface area contributed by atoms with Crippen LogP contribution in [-0.4, -0.2) is 28.0 Å². The lowest BCUT2D eigenvalue weighted by atomic mass is 9.91.